The van der Waals surface area contributed by atoms with Crippen LogP contribution in [0.15, 0.2) is 12.1 Å². The van der Waals surface area contributed by atoms with Gasteiger partial charge in [-0.15, -0.1) is 0 Å². The Balaban J connectivity index is 3.39. The number of benzene rings is 1. The zero-order valence-corrected chi connectivity index (χ0v) is 8.65. The summed E-state index contributed by atoms with van der Waals surface area (Å²) in [4.78, 5) is 20.2. The molecule has 0 unspecified atom stereocenters. The second kappa shape index (κ2) is 4.91. The number of halogens is 3. The van der Waals surface area contributed by atoms with Crippen LogP contribution in [0, 0.1) is 10.1 Å². The van der Waals surface area contributed by atoms with Crippen LogP contribution in [0.4, 0.5) is 14.5 Å². The number of nitro groups is 1. The molecule has 1 aromatic rings. The van der Waals surface area contributed by atoms with Crippen LogP contribution in [0.5, 0.6) is 5.75 Å². The standard InChI is InChI=1S/C8H4ClF2NO5/c9-4-1-3(12(15)16)2-5(17-8(10)11)6(4)7(13)14/h1-2,8H,(H,13,14). The number of aromatic carboxylic acids is 1. The van der Waals surface area contributed by atoms with Crippen molar-refractivity contribution in [1.29, 1.82) is 0 Å². The third kappa shape index (κ3) is 3.00. The van der Waals surface area contributed by atoms with E-state index >= 15 is 0 Å². The molecular weight excluding hydrogens is 264 g/mol. The number of nitro benzene ring substituents is 1. The van der Waals surface area contributed by atoms with Gasteiger partial charge in [-0.05, 0) is 0 Å². The molecule has 0 saturated carbocycles. The van der Waals surface area contributed by atoms with Crippen LogP contribution in [-0.2, 0) is 0 Å². The van der Waals surface area contributed by atoms with Crippen molar-refractivity contribution in [2.45, 2.75) is 6.61 Å². The fourth-order valence-electron chi connectivity index (χ4n) is 1.07. The van der Waals surface area contributed by atoms with Gasteiger partial charge >= 0.3 is 12.6 Å². The zero-order valence-electron chi connectivity index (χ0n) is 7.89. The molecule has 0 radical (unpaired) electrons. The van der Waals surface area contributed by atoms with Gasteiger partial charge in [0.05, 0.1) is 16.0 Å². The first-order chi connectivity index (χ1) is 7.82. The predicted octanol–water partition coefficient (Wildman–Crippen LogP) is 2.55. The summed E-state index contributed by atoms with van der Waals surface area (Å²) in [5, 5.41) is 18.6. The molecule has 0 fully saturated rings. The Morgan fingerprint density at radius 2 is 2.12 bits per heavy atom. The normalized spacial score (nSPS) is 10.4. The van der Waals surface area contributed by atoms with Gasteiger partial charge in [-0.2, -0.15) is 8.78 Å². The van der Waals surface area contributed by atoms with Gasteiger partial charge in [0.2, 0.25) is 0 Å². The van der Waals surface area contributed by atoms with Crippen LogP contribution >= 0.6 is 11.6 Å². The number of ether oxygens (including phenoxy) is 1. The minimum absolute atomic E-state index is 0.553. The Morgan fingerprint density at radius 1 is 1.53 bits per heavy atom. The molecule has 0 aromatic heterocycles. The van der Waals surface area contributed by atoms with Gasteiger partial charge in [0.25, 0.3) is 5.69 Å². The summed E-state index contributed by atoms with van der Waals surface area (Å²) in [6.45, 7) is -3.31. The molecule has 6 nitrogen and oxygen atoms in total. The van der Waals surface area contributed by atoms with E-state index in [4.69, 9.17) is 16.7 Å². The van der Waals surface area contributed by atoms with Crippen molar-refractivity contribution in [3.63, 3.8) is 0 Å². The molecular formula is C8H4ClF2NO5. The zero-order chi connectivity index (χ0) is 13.2. The van der Waals surface area contributed by atoms with E-state index in [0.717, 1.165) is 6.07 Å². The summed E-state index contributed by atoms with van der Waals surface area (Å²) >= 11 is 5.45. The highest BCUT2D eigenvalue weighted by molar-refractivity contribution is 6.34. The highest BCUT2D eigenvalue weighted by atomic mass is 35.5. The largest absolute Gasteiger partial charge is 0.478 e. The molecule has 17 heavy (non-hydrogen) atoms. The summed E-state index contributed by atoms with van der Waals surface area (Å²) in [6, 6.07) is 1.31. The molecule has 1 rings (SSSR count). The topological polar surface area (TPSA) is 89.7 Å². The fourth-order valence-corrected chi connectivity index (χ4v) is 1.36. The van der Waals surface area contributed by atoms with Gasteiger partial charge in [0, 0.05) is 6.07 Å². The number of rotatable bonds is 4. The quantitative estimate of drug-likeness (QED) is 0.669. The summed E-state index contributed by atoms with van der Waals surface area (Å²) in [7, 11) is 0. The van der Waals surface area contributed by atoms with E-state index in [1.165, 1.54) is 0 Å². The summed E-state index contributed by atoms with van der Waals surface area (Å²) in [5.41, 5.74) is -1.40. The molecule has 0 amide bonds. The molecule has 0 heterocycles. The maximum Gasteiger partial charge on any atom is 0.387 e. The summed E-state index contributed by atoms with van der Waals surface area (Å²) < 4.78 is 27.9. The number of nitrogens with zero attached hydrogens (tertiary/aromatic N) is 1. The van der Waals surface area contributed by atoms with E-state index in [9.17, 15) is 23.7 Å². The molecule has 0 bridgehead atoms. The van der Waals surface area contributed by atoms with E-state index in [1.807, 2.05) is 0 Å². The van der Waals surface area contributed by atoms with Crippen molar-refractivity contribution >= 4 is 23.3 Å². The smallest absolute Gasteiger partial charge is 0.387 e. The van der Waals surface area contributed by atoms with Crippen LogP contribution in [0.2, 0.25) is 5.02 Å². The molecule has 0 spiro atoms. The van der Waals surface area contributed by atoms with Gasteiger partial charge in [0.15, 0.2) is 0 Å². The third-order valence-corrected chi connectivity index (χ3v) is 1.98. The number of carboxylic acids is 1. The lowest BCUT2D eigenvalue weighted by atomic mass is 10.2. The molecule has 0 saturated heterocycles. The third-order valence-electron chi connectivity index (χ3n) is 1.68. The van der Waals surface area contributed by atoms with Gasteiger partial charge in [-0.3, -0.25) is 10.1 Å². The van der Waals surface area contributed by atoms with E-state index in [0.29, 0.717) is 6.07 Å². The van der Waals surface area contributed by atoms with Crippen molar-refractivity contribution in [1.82, 2.24) is 0 Å². The Morgan fingerprint density at radius 3 is 2.53 bits per heavy atom. The summed E-state index contributed by atoms with van der Waals surface area (Å²) in [6.07, 6.45) is 0. The Labute approximate surface area is 97.5 Å². The second-order valence-electron chi connectivity index (χ2n) is 2.74. The number of carboxylic acid groups (broad SMARTS) is 1. The Bertz CT molecular complexity index is 479. The van der Waals surface area contributed by atoms with Crippen molar-refractivity contribution in [2.75, 3.05) is 0 Å². The van der Waals surface area contributed by atoms with Gasteiger partial charge in [-0.25, -0.2) is 4.79 Å². The first kappa shape index (κ1) is 13.1. The SMILES string of the molecule is O=C(O)c1c(Cl)cc([N+](=O)[O-])cc1OC(F)F. The lowest BCUT2D eigenvalue weighted by molar-refractivity contribution is -0.385. The van der Waals surface area contributed by atoms with Crippen LogP contribution < -0.4 is 4.74 Å². The minimum Gasteiger partial charge on any atom is -0.478 e. The molecule has 0 aliphatic heterocycles. The van der Waals surface area contributed by atoms with Crippen LogP contribution in [-0.4, -0.2) is 22.6 Å². The average molecular weight is 268 g/mol. The Hall–Kier alpha value is -1.96. The number of hydrogen-bond donors (Lipinski definition) is 1. The Kier molecular flexibility index (Phi) is 3.79. The van der Waals surface area contributed by atoms with E-state index < -0.39 is 39.5 Å². The van der Waals surface area contributed by atoms with E-state index in [1.54, 1.807) is 0 Å². The average Bonchev–Trinajstić information content (AvgIpc) is 2.14. The maximum atomic E-state index is 12.0. The van der Waals surface area contributed by atoms with Crippen molar-refractivity contribution in [3.8, 4) is 5.75 Å². The van der Waals surface area contributed by atoms with Crippen molar-refractivity contribution in [2.24, 2.45) is 0 Å². The van der Waals surface area contributed by atoms with E-state index in [-0.39, 0.29) is 0 Å². The molecule has 1 N–H and O–H groups in total. The predicted molar refractivity (Wildman–Crippen MR) is 51.7 cm³/mol. The number of hydrogen-bond acceptors (Lipinski definition) is 4. The molecule has 0 atom stereocenters. The lowest BCUT2D eigenvalue weighted by Gasteiger charge is -2.08. The second-order valence-corrected chi connectivity index (χ2v) is 3.15. The highest BCUT2D eigenvalue weighted by Crippen LogP contribution is 2.33. The molecule has 1 aromatic carbocycles. The number of non-ortho nitro benzene ring substituents is 1. The molecule has 0 aliphatic rings. The van der Waals surface area contributed by atoms with Gasteiger partial charge in [0.1, 0.15) is 11.3 Å². The first-order valence-corrected chi connectivity index (χ1v) is 4.36. The summed E-state index contributed by atoms with van der Waals surface area (Å²) in [5.74, 6) is -2.48. The number of alkyl halides is 2. The molecule has 92 valence electrons. The molecule has 0 aliphatic carbocycles. The molecule has 9 heteroatoms. The van der Waals surface area contributed by atoms with Crippen LogP contribution in [0.25, 0.3) is 0 Å². The van der Waals surface area contributed by atoms with Crippen molar-refractivity contribution in [3.05, 3.63) is 32.8 Å². The van der Waals surface area contributed by atoms with Crippen LogP contribution in [0.1, 0.15) is 10.4 Å². The van der Waals surface area contributed by atoms with Gasteiger partial charge < -0.3 is 9.84 Å². The van der Waals surface area contributed by atoms with E-state index in [2.05, 4.69) is 4.74 Å². The van der Waals surface area contributed by atoms with Crippen molar-refractivity contribution < 1.29 is 28.3 Å². The van der Waals surface area contributed by atoms with Gasteiger partial charge in [-0.1, -0.05) is 11.6 Å². The maximum absolute atomic E-state index is 12.0. The fraction of sp³-hybridized carbons (Fsp3) is 0.125. The highest BCUT2D eigenvalue weighted by Gasteiger charge is 2.23. The monoisotopic (exact) mass is 267 g/mol. The number of carbonyl (C=O) groups is 1. The lowest BCUT2D eigenvalue weighted by Crippen LogP contribution is -2.09. The van der Waals surface area contributed by atoms with Crippen LogP contribution in [0.3, 0.4) is 0 Å². The minimum atomic E-state index is -3.31. The first-order valence-electron chi connectivity index (χ1n) is 3.99.